The second-order valence-electron chi connectivity index (χ2n) is 9.97. The molecule has 7 heteroatoms. The first-order valence-corrected chi connectivity index (χ1v) is 13.3. The molecule has 6 nitrogen and oxygen atoms in total. The third-order valence-corrected chi connectivity index (χ3v) is 7.63. The SMILES string of the molecule is Cc1cccc(-n2c(-c3ccc(Cl)cc3)cc(C(=O)N3CCN(Cc4ccc5c(c4)OCO5)CC3)c2C)c1. The zero-order valence-corrected chi connectivity index (χ0v) is 22.4. The largest absolute Gasteiger partial charge is 0.454 e. The maximum absolute atomic E-state index is 13.8. The molecule has 0 unspecified atom stereocenters. The summed E-state index contributed by atoms with van der Waals surface area (Å²) in [4.78, 5) is 18.2. The summed E-state index contributed by atoms with van der Waals surface area (Å²) in [6.45, 7) is 8.24. The number of carbonyl (C=O) groups excluding carboxylic acids is 1. The number of piperazine rings is 1. The number of nitrogens with zero attached hydrogens (tertiary/aromatic N) is 3. The van der Waals surface area contributed by atoms with Crippen molar-refractivity contribution in [3.05, 3.63) is 100 Å². The number of aryl methyl sites for hydroxylation is 1. The molecule has 1 aromatic heterocycles. The van der Waals surface area contributed by atoms with Crippen LogP contribution in [0.2, 0.25) is 5.02 Å². The molecule has 38 heavy (non-hydrogen) atoms. The quantitative estimate of drug-likeness (QED) is 0.314. The van der Waals surface area contributed by atoms with Crippen molar-refractivity contribution < 1.29 is 14.3 Å². The molecule has 1 fully saturated rings. The van der Waals surface area contributed by atoms with E-state index >= 15 is 0 Å². The maximum Gasteiger partial charge on any atom is 0.255 e. The van der Waals surface area contributed by atoms with Gasteiger partial charge in [-0.3, -0.25) is 9.69 Å². The van der Waals surface area contributed by atoms with E-state index in [1.165, 1.54) is 11.1 Å². The zero-order valence-electron chi connectivity index (χ0n) is 21.6. The van der Waals surface area contributed by atoms with Gasteiger partial charge < -0.3 is 18.9 Å². The van der Waals surface area contributed by atoms with Crippen LogP contribution in [0.15, 0.2) is 72.8 Å². The topological polar surface area (TPSA) is 46.9 Å². The van der Waals surface area contributed by atoms with Crippen LogP contribution in [0, 0.1) is 13.8 Å². The number of aromatic nitrogens is 1. The van der Waals surface area contributed by atoms with Crippen molar-refractivity contribution in [2.75, 3.05) is 33.0 Å². The van der Waals surface area contributed by atoms with E-state index in [2.05, 4.69) is 52.8 Å². The Kier molecular flexibility index (Phi) is 6.60. The first-order valence-electron chi connectivity index (χ1n) is 12.9. The molecule has 0 radical (unpaired) electrons. The van der Waals surface area contributed by atoms with E-state index in [9.17, 15) is 4.79 Å². The van der Waals surface area contributed by atoms with E-state index in [0.717, 1.165) is 59.3 Å². The van der Waals surface area contributed by atoms with Gasteiger partial charge in [0.1, 0.15) is 0 Å². The minimum absolute atomic E-state index is 0.0758. The number of benzene rings is 3. The van der Waals surface area contributed by atoms with Gasteiger partial charge in [0.05, 0.1) is 11.3 Å². The number of halogens is 1. The molecule has 1 amide bonds. The summed E-state index contributed by atoms with van der Waals surface area (Å²) in [5, 5.41) is 0.689. The highest BCUT2D eigenvalue weighted by atomic mass is 35.5. The minimum Gasteiger partial charge on any atom is -0.454 e. The zero-order chi connectivity index (χ0) is 26.2. The molecule has 3 aromatic carbocycles. The van der Waals surface area contributed by atoms with Crippen molar-refractivity contribution in [1.82, 2.24) is 14.4 Å². The number of hydrogen-bond donors (Lipinski definition) is 0. The van der Waals surface area contributed by atoms with Crippen molar-refractivity contribution in [2.45, 2.75) is 20.4 Å². The lowest BCUT2D eigenvalue weighted by Gasteiger charge is -2.34. The highest BCUT2D eigenvalue weighted by molar-refractivity contribution is 6.30. The normalized spacial score (nSPS) is 15.2. The molecule has 2 aliphatic heterocycles. The average Bonchev–Trinajstić information content (AvgIpc) is 3.53. The van der Waals surface area contributed by atoms with Crippen LogP contribution < -0.4 is 9.47 Å². The summed E-state index contributed by atoms with van der Waals surface area (Å²) in [7, 11) is 0. The van der Waals surface area contributed by atoms with E-state index in [0.29, 0.717) is 18.1 Å². The smallest absolute Gasteiger partial charge is 0.255 e. The van der Waals surface area contributed by atoms with Crippen LogP contribution >= 0.6 is 11.6 Å². The highest BCUT2D eigenvalue weighted by Crippen LogP contribution is 2.34. The van der Waals surface area contributed by atoms with Gasteiger partial charge in [0.2, 0.25) is 6.79 Å². The molecule has 0 N–H and O–H groups in total. The van der Waals surface area contributed by atoms with Gasteiger partial charge in [-0.2, -0.15) is 0 Å². The van der Waals surface area contributed by atoms with E-state index in [-0.39, 0.29) is 12.7 Å². The first-order chi connectivity index (χ1) is 18.5. The summed E-state index contributed by atoms with van der Waals surface area (Å²) < 4.78 is 13.1. The van der Waals surface area contributed by atoms with Gasteiger partial charge >= 0.3 is 0 Å². The lowest BCUT2D eigenvalue weighted by Crippen LogP contribution is -2.48. The lowest BCUT2D eigenvalue weighted by atomic mass is 10.1. The summed E-state index contributed by atoms with van der Waals surface area (Å²) in [5.74, 6) is 1.68. The van der Waals surface area contributed by atoms with E-state index in [1.807, 2.05) is 48.2 Å². The van der Waals surface area contributed by atoms with Crippen LogP contribution in [0.1, 0.15) is 27.2 Å². The Morgan fingerprint density at radius 3 is 2.39 bits per heavy atom. The minimum atomic E-state index is 0.0758. The Hall–Kier alpha value is -3.74. The lowest BCUT2D eigenvalue weighted by molar-refractivity contribution is 0.0628. The summed E-state index contributed by atoms with van der Waals surface area (Å²) in [6.07, 6.45) is 0. The van der Waals surface area contributed by atoms with Crippen LogP contribution in [0.25, 0.3) is 16.9 Å². The van der Waals surface area contributed by atoms with Gasteiger partial charge in [-0.25, -0.2) is 0 Å². The van der Waals surface area contributed by atoms with Gasteiger partial charge in [-0.15, -0.1) is 0 Å². The Balaban J connectivity index is 1.23. The van der Waals surface area contributed by atoms with Crippen LogP contribution in [-0.4, -0.2) is 53.2 Å². The van der Waals surface area contributed by atoms with Gasteiger partial charge in [-0.1, -0.05) is 41.9 Å². The fourth-order valence-electron chi connectivity index (χ4n) is 5.33. The predicted molar refractivity (Wildman–Crippen MR) is 149 cm³/mol. The number of rotatable bonds is 5. The summed E-state index contributed by atoms with van der Waals surface area (Å²) in [6, 6.07) is 24.3. The summed E-state index contributed by atoms with van der Waals surface area (Å²) >= 11 is 6.17. The molecule has 0 spiro atoms. The van der Waals surface area contributed by atoms with Crippen LogP contribution in [0.5, 0.6) is 11.5 Å². The summed E-state index contributed by atoms with van der Waals surface area (Å²) in [5.41, 5.74) is 7.08. The molecule has 6 rings (SSSR count). The van der Waals surface area contributed by atoms with Gasteiger partial charge in [0, 0.05) is 49.1 Å². The van der Waals surface area contributed by atoms with Crippen LogP contribution in [0.4, 0.5) is 0 Å². The van der Waals surface area contributed by atoms with Gasteiger partial charge in [-0.05, 0) is 73.0 Å². The van der Waals surface area contributed by atoms with Gasteiger partial charge in [0.15, 0.2) is 11.5 Å². The van der Waals surface area contributed by atoms with Gasteiger partial charge in [0.25, 0.3) is 5.91 Å². The Morgan fingerprint density at radius 1 is 0.868 bits per heavy atom. The standard InChI is InChI=1S/C31H30ClN3O3/c1-21-4-3-5-26(16-21)35-22(2)27(18-28(35)24-7-9-25(32)10-8-24)31(36)34-14-12-33(13-15-34)19-23-6-11-29-30(17-23)38-20-37-29/h3-11,16-18H,12-15,19-20H2,1-2H3. The maximum atomic E-state index is 13.8. The predicted octanol–water partition coefficient (Wildman–Crippen LogP) is 6.10. The van der Waals surface area contributed by atoms with Crippen molar-refractivity contribution in [2.24, 2.45) is 0 Å². The Labute approximate surface area is 228 Å². The van der Waals surface area contributed by atoms with Crippen molar-refractivity contribution in [3.63, 3.8) is 0 Å². The number of fused-ring (bicyclic) bond motifs is 1. The number of hydrogen-bond acceptors (Lipinski definition) is 4. The molecule has 0 aliphatic carbocycles. The van der Waals surface area contributed by atoms with Crippen molar-refractivity contribution >= 4 is 17.5 Å². The molecule has 194 valence electrons. The Bertz CT molecular complexity index is 1490. The molecule has 0 bridgehead atoms. The van der Waals surface area contributed by atoms with Crippen LogP contribution in [-0.2, 0) is 6.54 Å². The molecular formula is C31H30ClN3O3. The third kappa shape index (κ3) is 4.77. The third-order valence-electron chi connectivity index (χ3n) is 7.38. The number of carbonyl (C=O) groups is 1. The number of ether oxygens (including phenoxy) is 2. The van der Waals surface area contributed by atoms with Crippen molar-refractivity contribution in [1.29, 1.82) is 0 Å². The molecule has 2 aliphatic rings. The molecular weight excluding hydrogens is 498 g/mol. The van der Waals surface area contributed by atoms with Crippen LogP contribution in [0.3, 0.4) is 0 Å². The molecule has 0 atom stereocenters. The molecule has 4 aromatic rings. The average molecular weight is 528 g/mol. The second kappa shape index (κ2) is 10.2. The second-order valence-corrected chi connectivity index (χ2v) is 10.4. The van der Waals surface area contributed by atoms with E-state index in [1.54, 1.807) is 0 Å². The fraction of sp³-hybridized carbons (Fsp3) is 0.258. The Morgan fingerprint density at radius 2 is 1.63 bits per heavy atom. The molecule has 1 saturated heterocycles. The monoisotopic (exact) mass is 527 g/mol. The highest BCUT2D eigenvalue weighted by Gasteiger charge is 2.27. The molecule has 3 heterocycles. The first kappa shape index (κ1) is 24.6. The molecule has 0 saturated carbocycles. The van der Waals surface area contributed by atoms with E-state index < -0.39 is 0 Å². The fourth-order valence-corrected chi connectivity index (χ4v) is 5.46. The van der Waals surface area contributed by atoms with E-state index in [4.69, 9.17) is 21.1 Å². The number of amides is 1. The van der Waals surface area contributed by atoms with Crippen molar-refractivity contribution in [3.8, 4) is 28.4 Å².